The molecule has 0 fully saturated rings. The lowest BCUT2D eigenvalue weighted by molar-refractivity contribution is 0.652. The number of hydrogen-bond donors (Lipinski definition) is 1. The minimum atomic E-state index is 1.08. The van der Waals surface area contributed by atoms with Gasteiger partial charge >= 0.3 is 0 Å². The summed E-state index contributed by atoms with van der Waals surface area (Å²) in [7, 11) is 0. The second-order valence-electron chi connectivity index (χ2n) is 4.82. The molecule has 0 atom stereocenters. The zero-order valence-electron chi connectivity index (χ0n) is 11.1. The number of rotatable bonds is 6. The van der Waals surface area contributed by atoms with Crippen LogP contribution in [0.25, 0.3) is 0 Å². The molecular formula is C14H26N2. The van der Waals surface area contributed by atoms with Gasteiger partial charge in [0, 0.05) is 12.3 Å². The molecule has 0 aromatic carbocycles. The van der Waals surface area contributed by atoms with Crippen LogP contribution in [0.3, 0.4) is 0 Å². The summed E-state index contributed by atoms with van der Waals surface area (Å²) in [5.41, 5.74) is 2.69. The summed E-state index contributed by atoms with van der Waals surface area (Å²) in [6.07, 6.45) is 8.90. The van der Waals surface area contributed by atoms with Crippen LogP contribution in [0.1, 0.15) is 65.7 Å². The van der Waals surface area contributed by atoms with Crippen LogP contribution >= 0.6 is 0 Å². The molecule has 0 bridgehead atoms. The van der Waals surface area contributed by atoms with Crippen LogP contribution in [0, 0.1) is 0 Å². The lowest BCUT2D eigenvalue weighted by atomic mass is 10.1. The molecule has 0 amide bonds. The smallest absolute Gasteiger partial charge is 0.124 e. The number of nitrogens with zero attached hydrogens (tertiary/aromatic N) is 1. The molecule has 0 aromatic rings. The third kappa shape index (κ3) is 4.82. The van der Waals surface area contributed by atoms with Crippen molar-refractivity contribution in [2.24, 2.45) is 4.99 Å². The SMILES string of the molecule is CCCCCC/C(C)=N/C1=C(C)CCCN1. The topological polar surface area (TPSA) is 24.4 Å². The van der Waals surface area contributed by atoms with Crippen LogP contribution in [0.5, 0.6) is 0 Å². The molecule has 0 radical (unpaired) electrons. The summed E-state index contributed by atoms with van der Waals surface area (Å²) in [6, 6.07) is 0. The van der Waals surface area contributed by atoms with Gasteiger partial charge in [0.15, 0.2) is 0 Å². The van der Waals surface area contributed by atoms with Crippen LogP contribution in [0.2, 0.25) is 0 Å². The molecular weight excluding hydrogens is 196 g/mol. The molecule has 1 rings (SSSR count). The van der Waals surface area contributed by atoms with Gasteiger partial charge in [-0.2, -0.15) is 0 Å². The van der Waals surface area contributed by atoms with Crippen LogP contribution in [0.4, 0.5) is 0 Å². The third-order valence-corrected chi connectivity index (χ3v) is 3.12. The summed E-state index contributed by atoms with van der Waals surface area (Å²) in [5, 5.41) is 3.39. The standard InChI is InChI=1S/C14H26N2/c1-4-5-6-7-10-13(3)16-14-12(2)9-8-11-15-14/h15H,4-11H2,1-3H3/b16-13+. The highest BCUT2D eigenvalue weighted by Crippen LogP contribution is 2.15. The van der Waals surface area contributed by atoms with E-state index in [2.05, 4.69) is 26.1 Å². The van der Waals surface area contributed by atoms with E-state index < -0.39 is 0 Å². The van der Waals surface area contributed by atoms with Crippen LogP contribution in [-0.4, -0.2) is 12.3 Å². The van der Waals surface area contributed by atoms with Crippen molar-refractivity contribution >= 4 is 5.71 Å². The van der Waals surface area contributed by atoms with Gasteiger partial charge in [0.1, 0.15) is 5.82 Å². The lowest BCUT2D eigenvalue weighted by Crippen LogP contribution is -2.20. The highest BCUT2D eigenvalue weighted by Gasteiger charge is 2.07. The second kappa shape index (κ2) is 7.48. The molecule has 1 aliphatic heterocycles. The first-order valence-electron chi connectivity index (χ1n) is 6.71. The number of nitrogens with one attached hydrogen (secondary N) is 1. The molecule has 0 saturated carbocycles. The minimum Gasteiger partial charge on any atom is -0.370 e. The van der Waals surface area contributed by atoms with Crippen LogP contribution in [-0.2, 0) is 0 Å². The molecule has 0 saturated heterocycles. The Hall–Kier alpha value is -0.790. The average Bonchev–Trinajstić information content (AvgIpc) is 2.28. The molecule has 0 aliphatic carbocycles. The highest BCUT2D eigenvalue weighted by molar-refractivity contribution is 5.82. The monoisotopic (exact) mass is 222 g/mol. The van der Waals surface area contributed by atoms with Crippen molar-refractivity contribution in [1.82, 2.24) is 5.32 Å². The predicted octanol–water partition coefficient (Wildman–Crippen LogP) is 4.03. The summed E-state index contributed by atoms with van der Waals surface area (Å²) in [5.74, 6) is 1.14. The van der Waals surface area contributed by atoms with E-state index in [4.69, 9.17) is 4.99 Å². The molecule has 2 heteroatoms. The van der Waals surface area contributed by atoms with Gasteiger partial charge in [-0.05, 0) is 45.1 Å². The van der Waals surface area contributed by atoms with Crippen molar-refractivity contribution in [1.29, 1.82) is 0 Å². The summed E-state index contributed by atoms with van der Waals surface area (Å²) in [4.78, 5) is 4.70. The average molecular weight is 222 g/mol. The molecule has 92 valence electrons. The Balaban J connectivity index is 2.36. The quantitative estimate of drug-likeness (QED) is 0.532. The fraction of sp³-hybridized carbons (Fsp3) is 0.786. The van der Waals surface area contributed by atoms with Gasteiger partial charge in [-0.25, -0.2) is 4.99 Å². The Morgan fingerprint density at radius 1 is 1.31 bits per heavy atom. The summed E-state index contributed by atoms with van der Waals surface area (Å²) >= 11 is 0. The van der Waals surface area contributed by atoms with E-state index in [9.17, 15) is 0 Å². The van der Waals surface area contributed by atoms with E-state index in [1.54, 1.807) is 0 Å². The highest BCUT2D eigenvalue weighted by atomic mass is 15.0. The Kier molecular flexibility index (Phi) is 6.20. The molecule has 1 N–H and O–H groups in total. The first kappa shape index (κ1) is 13.3. The molecule has 0 unspecified atom stereocenters. The third-order valence-electron chi connectivity index (χ3n) is 3.12. The van der Waals surface area contributed by atoms with E-state index in [1.807, 2.05) is 0 Å². The summed E-state index contributed by atoms with van der Waals surface area (Å²) < 4.78 is 0. The summed E-state index contributed by atoms with van der Waals surface area (Å²) in [6.45, 7) is 7.68. The Labute approximate surface area is 100 Å². The molecule has 0 spiro atoms. The van der Waals surface area contributed by atoms with Gasteiger partial charge < -0.3 is 5.32 Å². The Bertz CT molecular complexity index is 264. The number of unbranched alkanes of at least 4 members (excludes halogenated alkanes) is 3. The van der Waals surface area contributed by atoms with Gasteiger partial charge in [-0.15, -0.1) is 0 Å². The molecule has 0 aromatic heterocycles. The van der Waals surface area contributed by atoms with Gasteiger partial charge in [0.05, 0.1) is 0 Å². The first-order valence-corrected chi connectivity index (χ1v) is 6.71. The second-order valence-corrected chi connectivity index (χ2v) is 4.82. The van der Waals surface area contributed by atoms with Crippen molar-refractivity contribution in [2.45, 2.75) is 65.7 Å². The normalized spacial score (nSPS) is 17.6. The fourth-order valence-corrected chi connectivity index (χ4v) is 2.02. The van der Waals surface area contributed by atoms with E-state index in [0.29, 0.717) is 0 Å². The first-order chi connectivity index (χ1) is 7.74. The Morgan fingerprint density at radius 2 is 2.12 bits per heavy atom. The molecule has 1 aliphatic rings. The zero-order valence-corrected chi connectivity index (χ0v) is 11.1. The van der Waals surface area contributed by atoms with E-state index in [-0.39, 0.29) is 0 Å². The van der Waals surface area contributed by atoms with Gasteiger partial charge in [0.25, 0.3) is 0 Å². The van der Waals surface area contributed by atoms with Crippen LogP contribution < -0.4 is 5.32 Å². The molecule has 1 heterocycles. The fourth-order valence-electron chi connectivity index (χ4n) is 2.02. The van der Waals surface area contributed by atoms with Crippen molar-refractivity contribution in [3.8, 4) is 0 Å². The predicted molar refractivity (Wildman–Crippen MR) is 71.8 cm³/mol. The number of aliphatic imine (C=N–C) groups is 1. The van der Waals surface area contributed by atoms with Gasteiger partial charge in [-0.3, -0.25) is 0 Å². The lowest BCUT2D eigenvalue weighted by Gasteiger charge is -2.17. The van der Waals surface area contributed by atoms with Crippen molar-refractivity contribution in [3.63, 3.8) is 0 Å². The maximum absolute atomic E-state index is 4.70. The number of hydrogen-bond acceptors (Lipinski definition) is 2. The van der Waals surface area contributed by atoms with Crippen molar-refractivity contribution in [2.75, 3.05) is 6.54 Å². The maximum Gasteiger partial charge on any atom is 0.124 e. The van der Waals surface area contributed by atoms with Gasteiger partial charge in [-0.1, -0.05) is 26.2 Å². The van der Waals surface area contributed by atoms with Crippen LogP contribution in [0.15, 0.2) is 16.4 Å². The minimum absolute atomic E-state index is 1.08. The maximum atomic E-state index is 4.70. The number of allylic oxidation sites excluding steroid dienone is 1. The van der Waals surface area contributed by atoms with E-state index in [0.717, 1.165) is 18.8 Å². The largest absolute Gasteiger partial charge is 0.370 e. The van der Waals surface area contributed by atoms with E-state index >= 15 is 0 Å². The molecule has 2 nitrogen and oxygen atoms in total. The van der Waals surface area contributed by atoms with E-state index in [1.165, 1.54) is 49.8 Å². The Morgan fingerprint density at radius 3 is 2.81 bits per heavy atom. The van der Waals surface area contributed by atoms with Gasteiger partial charge in [0.2, 0.25) is 0 Å². The van der Waals surface area contributed by atoms with Crippen molar-refractivity contribution < 1.29 is 0 Å². The zero-order chi connectivity index (χ0) is 11.8. The molecule has 16 heavy (non-hydrogen) atoms. The van der Waals surface area contributed by atoms with Crippen molar-refractivity contribution in [3.05, 3.63) is 11.4 Å².